The second kappa shape index (κ2) is 7.11. The fourth-order valence-electron chi connectivity index (χ4n) is 2.34. The predicted octanol–water partition coefficient (Wildman–Crippen LogP) is 4.30. The first-order chi connectivity index (χ1) is 9.66. The molecule has 1 rings (SSSR count). The van der Waals surface area contributed by atoms with Crippen LogP contribution in [0.2, 0.25) is 0 Å². The monoisotopic (exact) mass is 306 g/mol. The van der Waals surface area contributed by atoms with Crippen molar-refractivity contribution in [3.8, 4) is 0 Å². The van der Waals surface area contributed by atoms with Gasteiger partial charge in [0, 0.05) is 12.6 Å². The van der Waals surface area contributed by atoms with Crippen molar-refractivity contribution in [2.45, 2.75) is 38.9 Å². The molecule has 0 heterocycles. The van der Waals surface area contributed by atoms with Gasteiger partial charge in [-0.15, -0.1) is 0 Å². The zero-order chi connectivity index (χ0) is 16.2. The van der Waals surface area contributed by atoms with Gasteiger partial charge in [0.05, 0.1) is 11.3 Å². The molecule has 2 nitrogen and oxygen atoms in total. The first-order valence-corrected chi connectivity index (χ1v) is 6.94. The molecule has 1 N–H and O–H groups in total. The Morgan fingerprint density at radius 1 is 1.24 bits per heavy atom. The van der Waals surface area contributed by atoms with E-state index in [2.05, 4.69) is 5.32 Å². The molecule has 0 radical (unpaired) electrons. The Bertz CT molecular complexity index is 469. The van der Waals surface area contributed by atoms with Crippen molar-refractivity contribution in [3.63, 3.8) is 0 Å². The molecule has 1 unspecified atom stereocenters. The van der Waals surface area contributed by atoms with E-state index in [1.54, 1.807) is 0 Å². The van der Waals surface area contributed by atoms with Crippen LogP contribution in [-0.4, -0.2) is 31.6 Å². The molecule has 0 aromatic heterocycles. The Balaban J connectivity index is 2.88. The molecule has 21 heavy (non-hydrogen) atoms. The summed E-state index contributed by atoms with van der Waals surface area (Å²) in [7, 11) is 3.84. The highest BCUT2D eigenvalue weighted by molar-refractivity contribution is 5.55. The molecule has 0 fully saturated rings. The normalized spacial score (nSPS) is 13.6. The summed E-state index contributed by atoms with van der Waals surface area (Å²) in [4.78, 5) is 2.01. The molecule has 120 valence electrons. The average molecular weight is 306 g/mol. The zero-order valence-corrected chi connectivity index (χ0v) is 12.8. The lowest BCUT2D eigenvalue weighted by atomic mass is 10.1. The SMILES string of the molecule is CCC(CCNc1c(F)cc(C)cc1C(F)(F)F)N(C)C. The molecule has 0 spiro atoms. The molecule has 1 aromatic carbocycles. The van der Waals surface area contributed by atoms with E-state index >= 15 is 0 Å². The van der Waals surface area contributed by atoms with Gasteiger partial charge >= 0.3 is 6.18 Å². The van der Waals surface area contributed by atoms with Crippen LogP contribution in [0, 0.1) is 12.7 Å². The number of aryl methyl sites for hydroxylation is 1. The van der Waals surface area contributed by atoms with Crippen molar-refractivity contribution in [3.05, 3.63) is 29.1 Å². The number of nitrogens with zero attached hydrogens (tertiary/aromatic N) is 1. The topological polar surface area (TPSA) is 15.3 Å². The summed E-state index contributed by atoms with van der Waals surface area (Å²) in [5.74, 6) is -0.861. The van der Waals surface area contributed by atoms with Crippen molar-refractivity contribution in [1.29, 1.82) is 0 Å². The van der Waals surface area contributed by atoms with Gasteiger partial charge in [-0.05, 0) is 51.6 Å². The number of benzene rings is 1. The number of nitrogens with one attached hydrogen (secondary N) is 1. The summed E-state index contributed by atoms with van der Waals surface area (Å²) in [5, 5.41) is 2.61. The lowest BCUT2D eigenvalue weighted by molar-refractivity contribution is -0.137. The molecule has 1 atom stereocenters. The Hall–Kier alpha value is -1.30. The fourth-order valence-corrected chi connectivity index (χ4v) is 2.34. The number of anilines is 1. The van der Waals surface area contributed by atoms with Crippen molar-refractivity contribution in [2.24, 2.45) is 0 Å². The maximum Gasteiger partial charge on any atom is 0.418 e. The van der Waals surface area contributed by atoms with E-state index in [4.69, 9.17) is 0 Å². The number of rotatable bonds is 6. The van der Waals surface area contributed by atoms with Crippen LogP contribution in [0.25, 0.3) is 0 Å². The lowest BCUT2D eigenvalue weighted by Crippen LogP contribution is -2.29. The van der Waals surface area contributed by atoms with Crippen LogP contribution < -0.4 is 5.32 Å². The van der Waals surface area contributed by atoms with Crippen molar-refractivity contribution >= 4 is 5.69 Å². The van der Waals surface area contributed by atoms with E-state index in [0.717, 1.165) is 18.6 Å². The lowest BCUT2D eigenvalue weighted by Gasteiger charge is -2.23. The summed E-state index contributed by atoms with van der Waals surface area (Å²) >= 11 is 0. The highest BCUT2D eigenvalue weighted by atomic mass is 19.4. The van der Waals surface area contributed by atoms with Gasteiger partial charge < -0.3 is 10.2 Å². The molecule has 1 aromatic rings. The van der Waals surface area contributed by atoms with Gasteiger partial charge in [-0.25, -0.2) is 4.39 Å². The van der Waals surface area contributed by atoms with Gasteiger partial charge in [0.15, 0.2) is 0 Å². The van der Waals surface area contributed by atoms with E-state index in [0.29, 0.717) is 13.0 Å². The first-order valence-electron chi connectivity index (χ1n) is 6.94. The largest absolute Gasteiger partial charge is 0.418 e. The van der Waals surface area contributed by atoms with Crippen LogP contribution in [-0.2, 0) is 6.18 Å². The van der Waals surface area contributed by atoms with E-state index in [9.17, 15) is 17.6 Å². The van der Waals surface area contributed by atoms with Gasteiger partial charge in [-0.3, -0.25) is 0 Å². The Labute approximate surface area is 123 Å². The van der Waals surface area contributed by atoms with Crippen molar-refractivity contribution in [2.75, 3.05) is 26.0 Å². The number of hydrogen-bond acceptors (Lipinski definition) is 2. The minimum Gasteiger partial charge on any atom is -0.382 e. The smallest absolute Gasteiger partial charge is 0.382 e. The number of hydrogen-bond donors (Lipinski definition) is 1. The number of halogens is 4. The first kappa shape index (κ1) is 17.8. The molecular formula is C15H22F4N2. The summed E-state index contributed by atoms with van der Waals surface area (Å²) in [6.45, 7) is 3.75. The third-order valence-electron chi connectivity index (χ3n) is 3.52. The Morgan fingerprint density at radius 2 is 1.86 bits per heavy atom. The van der Waals surface area contributed by atoms with E-state index in [-0.39, 0.29) is 11.6 Å². The highest BCUT2D eigenvalue weighted by Crippen LogP contribution is 2.37. The van der Waals surface area contributed by atoms with Crippen molar-refractivity contribution in [1.82, 2.24) is 4.90 Å². The van der Waals surface area contributed by atoms with Crippen LogP contribution in [0.3, 0.4) is 0 Å². The van der Waals surface area contributed by atoms with E-state index in [1.807, 2.05) is 25.9 Å². The van der Waals surface area contributed by atoms with Gasteiger partial charge in [0.25, 0.3) is 0 Å². The van der Waals surface area contributed by atoms with Crippen LogP contribution in [0.5, 0.6) is 0 Å². The highest BCUT2D eigenvalue weighted by Gasteiger charge is 2.35. The molecule has 0 aliphatic carbocycles. The van der Waals surface area contributed by atoms with Gasteiger partial charge in [-0.1, -0.05) is 6.92 Å². The van der Waals surface area contributed by atoms with Gasteiger partial charge in [-0.2, -0.15) is 13.2 Å². The maximum atomic E-state index is 13.8. The zero-order valence-electron chi connectivity index (χ0n) is 12.8. The van der Waals surface area contributed by atoms with Crippen LogP contribution in [0.15, 0.2) is 12.1 Å². The van der Waals surface area contributed by atoms with Crippen LogP contribution >= 0.6 is 0 Å². The average Bonchev–Trinajstić information content (AvgIpc) is 2.34. The quantitative estimate of drug-likeness (QED) is 0.789. The predicted molar refractivity (Wildman–Crippen MR) is 77.0 cm³/mol. The molecule has 0 saturated carbocycles. The maximum absolute atomic E-state index is 13.8. The molecule has 6 heteroatoms. The molecular weight excluding hydrogens is 284 g/mol. The number of alkyl halides is 3. The fraction of sp³-hybridized carbons (Fsp3) is 0.600. The van der Waals surface area contributed by atoms with Gasteiger partial charge in [0.2, 0.25) is 0 Å². The summed E-state index contributed by atoms with van der Waals surface area (Å²) < 4.78 is 52.8. The third-order valence-corrected chi connectivity index (χ3v) is 3.52. The van der Waals surface area contributed by atoms with E-state index < -0.39 is 23.2 Å². The minimum atomic E-state index is -4.57. The second-order valence-electron chi connectivity index (χ2n) is 5.41. The Morgan fingerprint density at radius 3 is 2.33 bits per heavy atom. The molecule has 0 saturated heterocycles. The second-order valence-corrected chi connectivity index (χ2v) is 5.41. The summed E-state index contributed by atoms with van der Waals surface area (Å²) in [6, 6.07) is 2.33. The molecule has 0 aliphatic rings. The van der Waals surface area contributed by atoms with Crippen LogP contribution in [0.1, 0.15) is 30.9 Å². The minimum absolute atomic E-state index is 0.250. The van der Waals surface area contributed by atoms with Crippen molar-refractivity contribution < 1.29 is 17.6 Å². The standard InChI is InChI=1S/C15H22F4N2/c1-5-11(21(3)4)6-7-20-14-12(15(17,18)19)8-10(2)9-13(14)16/h8-9,11,20H,5-7H2,1-4H3. The summed E-state index contributed by atoms with van der Waals surface area (Å²) in [5.41, 5.74) is -1.15. The van der Waals surface area contributed by atoms with Crippen LogP contribution in [0.4, 0.5) is 23.2 Å². The molecule has 0 amide bonds. The third kappa shape index (κ3) is 4.88. The Kier molecular flexibility index (Phi) is 6.01. The molecule has 0 aliphatic heterocycles. The summed E-state index contributed by atoms with van der Waals surface area (Å²) in [6.07, 6.45) is -3.04. The molecule has 0 bridgehead atoms. The van der Waals surface area contributed by atoms with E-state index in [1.165, 1.54) is 6.92 Å². The van der Waals surface area contributed by atoms with Gasteiger partial charge in [0.1, 0.15) is 5.82 Å².